The number of nitrogens with zero attached hydrogens (tertiary/aromatic N) is 2. The van der Waals surface area contributed by atoms with E-state index in [1.165, 1.54) is 12.1 Å². The molecule has 0 radical (unpaired) electrons. The Hall–Kier alpha value is -3.13. The van der Waals surface area contributed by atoms with E-state index in [0.29, 0.717) is 24.5 Å². The number of carbonyl (C=O) groups excluding carboxylic acids is 1. The molecule has 0 saturated carbocycles. The first-order chi connectivity index (χ1) is 15.3. The first-order valence-electron chi connectivity index (χ1n) is 10.7. The number of hydrogen-bond acceptors (Lipinski definition) is 5. The number of ether oxygens (including phenoxy) is 2. The van der Waals surface area contributed by atoms with E-state index in [1.807, 2.05) is 25.1 Å². The predicted molar refractivity (Wildman–Crippen MR) is 116 cm³/mol. The summed E-state index contributed by atoms with van der Waals surface area (Å²) in [5.41, 5.74) is 0.990. The van der Waals surface area contributed by atoms with Crippen LogP contribution < -0.4 is 9.64 Å². The van der Waals surface area contributed by atoms with Crippen molar-refractivity contribution in [3.05, 3.63) is 59.9 Å². The molecule has 0 spiro atoms. The number of amides is 1. The molecular weight excluding hydrogens is 415 g/mol. The molecule has 2 aliphatic rings. The van der Waals surface area contributed by atoms with Gasteiger partial charge >= 0.3 is 12.1 Å². The lowest BCUT2D eigenvalue weighted by atomic mass is 9.81. The first-order valence-corrected chi connectivity index (χ1v) is 10.7. The number of halogens is 1. The number of benzene rings is 2. The van der Waals surface area contributed by atoms with Crippen LogP contribution in [-0.2, 0) is 16.1 Å². The maximum Gasteiger partial charge on any atom is 0.415 e. The third-order valence-corrected chi connectivity index (χ3v) is 6.32. The van der Waals surface area contributed by atoms with Gasteiger partial charge in [-0.3, -0.25) is 9.80 Å². The lowest BCUT2D eigenvalue weighted by molar-refractivity contribution is -0.139. The van der Waals surface area contributed by atoms with Crippen LogP contribution in [0.1, 0.15) is 25.3 Å². The number of aliphatic carboxylic acids is 1. The molecule has 2 saturated heterocycles. The van der Waals surface area contributed by atoms with Crippen molar-refractivity contribution in [3.63, 3.8) is 0 Å². The quantitative estimate of drug-likeness (QED) is 0.700. The standard InChI is InChI=1S/C24H27FN2O5/c1-24(16-27(23(30)32-24)20-8-6-19(25)7-9-20)18-10-12-26(13-11-18)14-17-4-2-3-5-21(17)31-15-22(28)29/h2-9,18H,10-16H2,1H3,(H,28,29). The molecule has 2 heterocycles. The molecule has 170 valence electrons. The number of likely N-dealkylation sites (tertiary alicyclic amines) is 1. The average molecular weight is 442 g/mol. The number of cyclic esters (lactones) is 1. The summed E-state index contributed by atoms with van der Waals surface area (Å²) in [6.07, 6.45) is 1.35. The Morgan fingerprint density at radius 3 is 2.56 bits per heavy atom. The van der Waals surface area contributed by atoms with Crippen molar-refractivity contribution in [2.24, 2.45) is 5.92 Å². The van der Waals surface area contributed by atoms with Crippen LogP contribution >= 0.6 is 0 Å². The highest BCUT2D eigenvalue weighted by atomic mass is 19.1. The van der Waals surface area contributed by atoms with Crippen molar-refractivity contribution in [1.29, 1.82) is 0 Å². The number of piperidine rings is 1. The Labute approximate surface area is 186 Å². The molecule has 1 N–H and O–H groups in total. The minimum Gasteiger partial charge on any atom is -0.482 e. The highest BCUT2D eigenvalue weighted by molar-refractivity contribution is 5.90. The zero-order valence-electron chi connectivity index (χ0n) is 18.0. The molecular formula is C24H27FN2O5. The van der Waals surface area contributed by atoms with E-state index in [-0.39, 0.29) is 18.3 Å². The summed E-state index contributed by atoms with van der Waals surface area (Å²) in [5.74, 6) is -0.545. The Kier molecular flexibility index (Phi) is 6.32. The summed E-state index contributed by atoms with van der Waals surface area (Å²) in [6, 6.07) is 13.3. The lowest BCUT2D eigenvalue weighted by Gasteiger charge is -2.39. The van der Waals surface area contributed by atoms with Crippen LogP contribution in [-0.4, -0.2) is 53.9 Å². The first kappa shape index (κ1) is 22.1. The number of anilines is 1. The number of para-hydroxylation sites is 1. The molecule has 1 amide bonds. The second kappa shape index (κ2) is 9.16. The summed E-state index contributed by atoms with van der Waals surface area (Å²) in [6.45, 7) is 4.38. The molecule has 7 nitrogen and oxygen atoms in total. The SMILES string of the molecule is CC1(C2CCN(Cc3ccccc3OCC(=O)O)CC2)CN(c2ccc(F)cc2)C(=O)O1. The van der Waals surface area contributed by atoms with E-state index in [9.17, 15) is 14.0 Å². The second-order valence-electron chi connectivity index (χ2n) is 8.58. The van der Waals surface area contributed by atoms with Crippen LogP contribution in [0.5, 0.6) is 5.75 Å². The van der Waals surface area contributed by atoms with Gasteiger partial charge in [-0.1, -0.05) is 18.2 Å². The summed E-state index contributed by atoms with van der Waals surface area (Å²) < 4.78 is 24.5. The van der Waals surface area contributed by atoms with Gasteiger partial charge in [-0.05, 0) is 63.2 Å². The normalized spacial score (nSPS) is 22.1. The molecule has 0 aliphatic carbocycles. The maximum atomic E-state index is 13.2. The van der Waals surface area contributed by atoms with E-state index >= 15 is 0 Å². The number of carboxylic acids is 1. The van der Waals surface area contributed by atoms with Gasteiger partial charge < -0.3 is 14.6 Å². The number of hydrogen-bond donors (Lipinski definition) is 1. The Balaban J connectivity index is 1.35. The summed E-state index contributed by atoms with van der Waals surface area (Å²) in [7, 11) is 0. The van der Waals surface area contributed by atoms with Gasteiger partial charge in [0.25, 0.3) is 0 Å². The maximum absolute atomic E-state index is 13.2. The zero-order chi connectivity index (χ0) is 22.7. The molecule has 8 heteroatoms. The van der Waals surface area contributed by atoms with Gasteiger partial charge in [0, 0.05) is 23.7 Å². The fourth-order valence-electron chi connectivity index (χ4n) is 4.55. The fraction of sp³-hybridized carbons (Fsp3) is 0.417. The summed E-state index contributed by atoms with van der Waals surface area (Å²) in [5, 5.41) is 8.88. The van der Waals surface area contributed by atoms with E-state index < -0.39 is 17.7 Å². The lowest BCUT2D eigenvalue weighted by Crippen LogP contribution is -2.45. The van der Waals surface area contributed by atoms with Crippen molar-refractivity contribution >= 4 is 17.7 Å². The minimum absolute atomic E-state index is 0.214. The number of carbonyl (C=O) groups is 2. The Bertz CT molecular complexity index is 975. The monoisotopic (exact) mass is 442 g/mol. The molecule has 1 unspecified atom stereocenters. The molecule has 0 aromatic heterocycles. The molecule has 32 heavy (non-hydrogen) atoms. The fourth-order valence-corrected chi connectivity index (χ4v) is 4.55. The smallest absolute Gasteiger partial charge is 0.415 e. The number of carboxylic acid groups (broad SMARTS) is 1. The Morgan fingerprint density at radius 1 is 1.19 bits per heavy atom. The molecule has 1 atom stereocenters. The van der Waals surface area contributed by atoms with Gasteiger partial charge in [0.15, 0.2) is 6.61 Å². The molecule has 2 aromatic carbocycles. The second-order valence-corrected chi connectivity index (χ2v) is 8.58. The van der Waals surface area contributed by atoms with Crippen molar-refractivity contribution in [2.75, 3.05) is 31.1 Å². The van der Waals surface area contributed by atoms with Crippen LogP contribution in [0.2, 0.25) is 0 Å². The molecule has 2 aliphatic heterocycles. The van der Waals surface area contributed by atoms with Crippen molar-refractivity contribution in [1.82, 2.24) is 4.90 Å². The van der Waals surface area contributed by atoms with Crippen molar-refractivity contribution in [2.45, 2.75) is 31.9 Å². The van der Waals surface area contributed by atoms with Gasteiger partial charge in [0.1, 0.15) is 17.2 Å². The van der Waals surface area contributed by atoms with Crippen LogP contribution in [0.3, 0.4) is 0 Å². The highest BCUT2D eigenvalue weighted by Gasteiger charge is 2.48. The van der Waals surface area contributed by atoms with Gasteiger partial charge in [-0.2, -0.15) is 0 Å². The predicted octanol–water partition coefficient (Wildman–Crippen LogP) is 3.92. The van der Waals surface area contributed by atoms with Gasteiger partial charge in [0.2, 0.25) is 0 Å². The average Bonchev–Trinajstić information content (AvgIpc) is 3.09. The topological polar surface area (TPSA) is 79.3 Å². The highest BCUT2D eigenvalue weighted by Crippen LogP contribution is 2.38. The Morgan fingerprint density at radius 2 is 1.88 bits per heavy atom. The third-order valence-electron chi connectivity index (χ3n) is 6.32. The van der Waals surface area contributed by atoms with Crippen molar-refractivity contribution in [3.8, 4) is 5.75 Å². The van der Waals surface area contributed by atoms with E-state index in [4.69, 9.17) is 14.6 Å². The zero-order valence-corrected chi connectivity index (χ0v) is 18.0. The third kappa shape index (κ3) is 4.85. The van der Waals surface area contributed by atoms with Crippen LogP contribution in [0, 0.1) is 11.7 Å². The number of rotatable bonds is 7. The van der Waals surface area contributed by atoms with Gasteiger partial charge in [-0.25, -0.2) is 14.0 Å². The van der Waals surface area contributed by atoms with E-state index in [1.54, 1.807) is 23.1 Å². The van der Waals surface area contributed by atoms with Crippen LogP contribution in [0.4, 0.5) is 14.9 Å². The van der Waals surface area contributed by atoms with Crippen molar-refractivity contribution < 1.29 is 28.6 Å². The molecule has 0 bridgehead atoms. The van der Waals surface area contributed by atoms with Crippen LogP contribution in [0.15, 0.2) is 48.5 Å². The largest absolute Gasteiger partial charge is 0.482 e. The van der Waals surface area contributed by atoms with E-state index in [2.05, 4.69) is 4.90 Å². The molecule has 4 rings (SSSR count). The van der Waals surface area contributed by atoms with Crippen LogP contribution in [0.25, 0.3) is 0 Å². The minimum atomic E-state index is -1.00. The van der Waals surface area contributed by atoms with Gasteiger partial charge in [-0.15, -0.1) is 0 Å². The van der Waals surface area contributed by atoms with E-state index in [0.717, 1.165) is 31.5 Å². The molecule has 2 fully saturated rings. The summed E-state index contributed by atoms with van der Waals surface area (Å²) >= 11 is 0. The summed E-state index contributed by atoms with van der Waals surface area (Å²) in [4.78, 5) is 27.2. The van der Waals surface area contributed by atoms with Gasteiger partial charge in [0.05, 0.1) is 6.54 Å². The molecule has 2 aromatic rings.